The van der Waals surface area contributed by atoms with E-state index in [1.54, 1.807) is 18.2 Å². The number of benzene rings is 2. The van der Waals surface area contributed by atoms with Gasteiger partial charge in [0, 0.05) is 15.2 Å². The summed E-state index contributed by atoms with van der Waals surface area (Å²) in [5, 5.41) is 2.68. The molecule has 1 amide bonds. The summed E-state index contributed by atoms with van der Waals surface area (Å²) in [5.41, 5.74) is 0.803. The number of hydrogen-bond acceptors (Lipinski definition) is 2. The van der Waals surface area contributed by atoms with Crippen molar-refractivity contribution >= 4 is 50.1 Å². The Labute approximate surface area is 144 Å². The van der Waals surface area contributed by atoms with Gasteiger partial charge in [-0.15, -0.1) is 0 Å². The van der Waals surface area contributed by atoms with Crippen LogP contribution in [0.5, 0.6) is 5.75 Å². The summed E-state index contributed by atoms with van der Waals surface area (Å²) in [7, 11) is 0. The largest absolute Gasteiger partial charge is 0.491 e. The third kappa shape index (κ3) is 4.16. The maximum atomic E-state index is 13.5. The van der Waals surface area contributed by atoms with E-state index in [4.69, 9.17) is 4.74 Å². The maximum Gasteiger partial charge on any atom is 0.255 e. The molecule has 110 valence electrons. The number of amides is 1. The smallest absolute Gasteiger partial charge is 0.255 e. The van der Waals surface area contributed by atoms with Crippen LogP contribution in [0.15, 0.2) is 40.9 Å². The summed E-state index contributed by atoms with van der Waals surface area (Å²) in [6.45, 7) is 2.23. The Morgan fingerprint density at radius 1 is 1.38 bits per heavy atom. The van der Waals surface area contributed by atoms with Crippen molar-refractivity contribution < 1.29 is 13.9 Å². The zero-order chi connectivity index (χ0) is 15.4. The first-order chi connectivity index (χ1) is 10.0. The molecule has 0 unspecified atom stereocenters. The number of nitrogens with one attached hydrogen (secondary N) is 1. The number of carbonyl (C=O) groups is 1. The molecule has 0 aliphatic rings. The minimum absolute atomic E-state index is 0.299. The molecule has 0 aliphatic carbocycles. The van der Waals surface area contributed by atoms with Crippen LogP contribution in [-0.2, 0) is 0 Å². The van der Waals surface area contributed by atoms with Crippen LogP contribution in [0.4, 0.5) is 10.1 Å². The minimum Gasteiger partial charge on any atom is -0.491 e. The highest BCUT2D eigenvalue weighted by molar-refractivity contribution is 14.1. The highest BCUT2D eigenvalue weighted by Gasteiger charge is 2.14. The lowest BCUT2D eigenvalue weighted by molar-refractivity contribution is 0.102. The standard InChI is InChI=1S/C15H12BrFINO2/c1-2-21-14-12(16)7-10(17)8-13(14)19-15(20)9-4-3-5-11(18)6-9/h3-8H,2H2,1H3,(H,19,20). The summed E-state index contributed by atoms with van der Waals surface area (Å²) >= 11 is 5.37. The quantitative estimate of drug-likeness (QED) is 0.658. The van der Waals surface area contributed by atoms with E-state index in [2.05, 4.69) is 43.8 Å². The number of carbonyl (C=O) groups excluding carboxylic acids is 1. The van der Waals surface area contributed by atoms with Crippen LogP contribution in [0, 0.1) is 9.39 Å². The maximum absolute atomic E-state index is 13.5. The molecule has 0 bridgehead atoms. The summed E-state index contributed by atoms with van der Waals surface area (Å²) in [5.74, 6) is -0.354. The highest BCUT2D eigenvalue weighted by Crippen LogP contribution is 2.34. The monoisotopic (exact) mass is 463 g/mol. The molecule has 0 aromatic heterocycles. The van der Waals surface area contributed by atoms with Gasteiger partial charge in [-0.3, -0.25) is 4.79 Å². The van der Waals surface area contributed by atoms with Gasteiger partial charge >= 0.3 is 0 Å². The normalized spacial score (nSPS) is 10.3. The molecule has 0 spiro atoms. The Morgan fingerprint density at radius 2 is 2.14 bits per heavy atom. The van der Waals surface area contributed by atoms with Crippen molar-refractivity contribution in [2.24, 2.45) is 0 Å². The van der Waals surface area contributed by atoms with Gasteiger partial charge in [-0.1, -0.05) is 6.07 Å². The second-order valence-corrected chi connectivity index (χ2v) is 6.26. The Hall–Kier alpha value is -1.15. The average molecular weight is 464 g/mol. The van der Waals surface area contributed by atoms with Crippen LogP contribution in [0.1, 0.15) is 17.3 Å². The molecule has 0 heterocycles. The summed E-state index contributed by atoms with van der Waals surface area (Å²) in [4.78, 5) is 12.2. The minimum atomic E-state index is -0.455. The predicted molar refractivity (Wildman–Crippen MR) is 92.4 cm³/mol. The first-order valence-electron chi connectivity index (χ1n) is 6.20. The summed E-state index contributed by atoms with van der Waals surface area (Å²) in [6, 6.07) is 9.67. The second kappa shape index (κ2) is 7.22. The van der Waals surface area contributed by atoms with Gasteiger partial charge in [0.2, 0.25) is 0 Å². The van der Waals surface area contributed by atoms with E-state index in [0.717, 1.165) is 3.57 Å². The predicted octanol–water partition coefficient (Wildman–Crippen LogP) is 4.84. The fourth-order valence-electron chi connectivity index (χ4n) is 1.77. The average Bonchev–Trinajstić information content (AvgIpc) is 2.42. The number of halogens is 3. The third-order valence-electron chi connectivity index (χ3n) is 2.63. The molecular weight excluding hydrogens is 452 g/mol. The van der Waals surface area contributed by atoms with Crippen LogP contribution in [0.25, 0.3) is 0 Å². The van der Waals surface area contributed by atoms with Crippen molar-refractivity contribution in [1.29, 1.82) is 0 Å². The molecule has 1 N–H and O–H groups in total. The van der Waals surface area contributed by atoms with Crippen LogP contribution in [0.3, 0.4) is 0 Å². The topological polar surface area (TPSA) is 38.3 Å². The molecule has 0 atom stereocenters. The van der Waals surface area contributed by atoms with E-state index in [1.165, 1.54) is 12.1 Å². The van der Waals surface area contributed by atoms with Crippen LogP contribution >= 0.6 is 38.5 Å². The molecule has 2 aromatic rings. The van der Waals surface area contributed by atoms with Crippen LogP contribution in [0.2, 0.25) is 0 Å². The van der Waals surface area contributed by atoms with E-state index < -0.39 is 5.82 Å². The number of hydrogen-bond donors (Lipinski definition) is 1. The number of rotatable bonds is 4. The molecule has 0 saturated carbocycles. The molecule has 0 aliphatic heterocycles. The van der Waals surface area contributed by atoms with Crippen molar-refractivity contribution in [3.63, 3.8) is 0 Å². The molecule has 2 aromatic carbocycles. The zero-order valence-electron chi connectivity index (χ0n) is 11.1. The van der Waals surface area contributed by atoms with Gasteiger partial charge in [0.15, 0.2) is 5.75 Å². The van der Waals surface area contributed by atoms with Gasteiger partial charge in [0.25, 0.3) is 5.91 Å². The molecule has 0 radical (unpaired) electrons. The summed E-state index contributed by atoms with van der Waals surface area (Å²) < 4.78 is 20.4. The fraction of sp³-hybridized carbons (Fsp3) is 0.133. The lowest BCUT2D eigenvalue weighted by Crippen LogP contribution is -2.13. The molecule has 3 nitrogen and oxygen atoms in total. The van der Waals surface area contributed by atoms with E-state index in [9.17, 15) is 9.18 Å². The molecular formula is C15H12BrFINO2. The molecule has 21 heavy (non-hydrogen) atoms. The van der Waals surface area contributed by atoms with Gasteiger partial charge in [0.1, 0.15) is 5.82 Å². The fourth-order valence-corrected chi connectivity index (χ4v) is 2.86. The van der Waals surface area contributed by atoms with Crippen molar-refractivity contribution in [2.75, 3.05) is 11.9 Å². The van der Waals surface area contributed by atoms with Gasteiger partial charge in [-0.05, 0) is 69.7 Å². The first-order valence-corrected chi connectivity index (χ1v) is 8.07. The van der Waals surface area contributed by atoms with E-state index in [-0.39, 0.29) is 5.91 Å². The Morgan fingerprint density at radius 3 is 2.81 bits per heavy atom. The van der Waals surface area contributed by atoms with Gasteiger partial charge in [-0.2, -0.15) is 0 Å². The van der Waals surface area contributed by atoms with Crippen molar-refractivity contribution in [1.82, 2.24) is 0 Å². The Balaban J connectivity index is 2.32. The van der Waals surface area contributed by atoms with E-state index in [1.807, 2.05) is 13.0 Å². The lowest BCUT2D eigenvalue weighted by Gasteiger charge is -2.13. The van der Waals surface area contributed by atoms with Gasteiger partial charge in [-0.25, -0.2) is 4.39 Å². The summed E-state index contributed by atoms with van der Waals surface area (Å²) in [6.07, 6.45) is 0. The second-order valence-electron chi connectivity index (χ2n) is 4.16. The van der Waals surface area contributed by atoms with Crippen LogP contribution < -0.4 is 10.1 Å². The molecule has 6 heteroatoms. The molecule has 0 saturated heterocycles. The van der Waals surface area contributed by atoms with Crippen LogP contribution in [-0.4, -0.2) is 12.5 Å². The van der Waals surface area contributed by atoms with Gasteiger partial charge in [0.05, 0.1) is 16.8 Å². The van der Waals surface area contributed by atoms with Crippen molar-refractivity contribution in [3.8, 4) is 5.75 Å². The number of anilines is 1. The molecule has 2 rings (SSSR count). The Bertz CT molecular complexity index is 679. The number of ether oxygens (including phenoxy) is 1. The molecule has 0 fully saturated rings. The van der Waals surface area contributed by atoms with Gasteiger partial charge < -0.3 is 10.1 Å². The first kappa shape index (κ1) is 16.2. The third-order valence-corrected chi connectivity index (χ3v) is 3.89. The van der Waals surface area contributed by atoms with Crippen molar-refractivity contribution in [2.45, 2.75) is 6.92 Å². The highest BCUT2D eigenvalue weighted by atomic mass is 127. The van der Waals surface area contributed by atoms with Crippen molar-refractivity contribution in [3.05, 3.63) is 55.8 Å². The lowest BCUT2D eigenvalue weighted by atomic mass is 10.2. The SMILES string of the molecule is CCOc1c(Br)cc(F)cc1NC(=O)c1cccc(I)c1. The Kier molecular flexibility index (Phi) is 5.58. The van der Waals surface area contributed by atoms with E-state index >= 15 is 0 Å². The van der Waals surface area contributed by atoms with E-state index in [0.29, 0.717) is 28.1 Å². The zero-order valence-corrected chi connectivity index (χ0v) is 14.9.